The highest BCUT2D eigenvalue weighted by Gasteiger charge is 2.15. The van der Waals surface area contributed by atoms with Crippen LogP contribution in [0.3, 0.4) is 0 Å². The van der Waals surface area contributed by atoms with E-state index in [1.807, 2.05) is 0 Å². The summed E-state index contributed by atoms with van der Waals surface area (Å²) in [4.78, 5) is 12.1. The van der Waals surface area contributed by atoms with E-state index in [2.05, 4.69) is 0 Å². The average Bonchev–Trinajstić information content (AvgIpc) is 2.48. The summed E-state index contributed by atoms with van der Waals surface area (Å²) in [6, 6.07) is 8.55. The van der Waals surface area contributed by atoms with Gasteiger partial charge in [0.15, 0.2) is 0 Å². The van der Waals surface area contributed by atoms with E-state index >= 15 is 0 Å². The van der Waals surface area contributed by atoms with E-state index < -0.39 is 17.3 Å². The molecule has 0 radical (unpaired) electrons. The maximum absolute atomic E-state index is 14.0. The standard InChI is InChI=1S/C17H13F2NO2/c1-9-12-8-11(18)5-6-15(12)22-17(21)13(9)7-10-3-2-4-14(20)16(10)19/h2-6,8H,7,20H2,1H3. The molecule has 0 fully saturated rings. The summed E-state index contributed by atoms with van der Waals surface area (Å²) >= 11 is 0. The van der Waals surface area contributed by atoms with Gasteiger partial charge >= 0.3 is 5.63 Å². The van der Waals surface area contributed by atoms with Gasteiger partial charge in [-0.15, -0.1) is 0 Å². The van der Waals surface area contributed by atoms with Crippen molar-refractivity contribution in [3.63, 3.8) is 0 Å². The van der Waals surface area contributed by atoms with Crippen molar-refractivity contribution >= 4 is 16.7 Å². The first-order valence-corrected chi connectivity index (χ1v) is 6.72. The van der Waals surface area contributed by atoms with Gasteiger partial charge in [-0.1, -0.05) is 12.1 Å². The SMILES string of the molecule is Cc1c(Cc2cccc(N)c2F)c(=O)oc2ccc(F)cc12. The number of nitrogen functional groups attached to an aromatic ring is 1. The minimum atomic E-state index is -0.557. The molecule has 0 aliphatic carbocycles. The van der Waals surface area contributed by atoms with Crippen LogP contribution in [0.1, 0.15) is 16.7 Å². The van der Waals surface area contributed by atoms with E-state index in [4.69, 9.17) is 10.2 Å². The molecule has 2 N–H and O–H groups in total. The first-order valence-electron chi connectivity index (χ1n) is 6.72. The molecule has 0 aliphatic heterocycles. The highest BCUT2D eigenvalue weighted by molar-refractivity contribution is 5.81. The number of nitrogens with two attached hydrogens (primary N) is 1. The van der Waals surface area contributed by atoms with Crippen molar-refractivity contribution in [2.75, 3.05) is 5.73 Å². The molecule has 0 bridgehead atoms. The van der Waals surface area contributed by atoms with Crippen LogP contribution in [0.4, 0.5) is 14.5 Å². The van der Waals surface area contributed by atoms with Gasteiger partial charge in [-0.2, -0.15) is 0 Å². The molecule has 1 aromatic heterocycles. The molecule has 2 aromatic carbocycles. The van der Waals surface area contributed by atoms with Gasteiger partial charge in [-0.05, 0) is 42.3 Å². The Balaban J connectivity index is 2.18. The van der Waals surface area contributed by atoms with Crippen molar-refractivity contribution in [3.8, 4) is 0 Å². The van der Waals surface area contributed by atoms with Crippen LogP contribution in [0.2, 0.25) is 0 Å². The normalized spacial score (nSPS) is 11.0. The molecule has 0 atom stereocenters. The van der Waals surface area contributed by atoms with E-state index in [0.29, 0.717) is 27.7 Å². The fraction of sp³-hybridized carbons (Fsp3) is 0.118. The van der Waals surface area contributed by atoms with E-state index in [9.17, 15) is 13.6 Å². The number of hydrogen-bond donors (Lipinski definition) is 1. The molecule has 0 saturated carbocycles. The summed E-state index contributed by atoms with van der Waals surface area (Å²) in [5.74, 6) is -0.980. The molecule has 112 valence electrons. The molecule has 3 nitrogen and oxygen atoms in total. The number of halogens is 2. The molecule has 5 heteroatoms. The zero-order valence-corrected chi connectivity index (χ0v) is 11.8. The lowest BCUT2D eigenvalue weighted by Crippen LogP contribution is -2.12. The second kappa shape index (κ2) is 5.26. The second-order valence-corrected chi connectivity index (χ2v) is 5.13. The average molecular weight is 301 g/mol. The molecular formula is C17H13F2NO2. The molecular weight excluding hydrogens is 288 g/mol. The lowest BCUT2D eigenvalue weighted by Gasteiger charge is -2.09. The number of benzene rings is 2. The maximum atomic E-state index is 14.0. The molecule has 1 heterocycles. The van der Waals surface area contributed by atoms with Crippen LogP contribution >= 0.6 is 0 Å². The summed E-state index contributed by atoms with van der Waals surface area (Å²) in [7, 11) is 0. The molecule has 0 spiro atoms. The van der Waals surface area contributed by atoms with Gasteiger partial charge in [0.1, 0.15) is 17.2 Å². The number of rotatable bonds is 2. The first-order chi connectivity index (χ1) is 10.5. The third-order valence-corrected chi connectivity index (χ3v) is 3.72. The van der Waals surface area contributed by atoms with Crippen LogP contribution in [-0.2, 0) is 6.42 Å². The quantitative estimate of drug-likeness (QED) is 0.581. The zero-order valence-electron chi connectivity index (χ0n) is 11.8. The van der Waals surface area contributed by atoms with Crippen LogP contribution in [0.15, 0.2) is 45.6 Å². The minimum absolute atomic E-state index is 0.0198. The Labute approximate surface area is 125 Å². The Hall–Kier alpha value is -2.69. The molecule has 0 saturated heterocycles. The minimum Gasteiger partial charge on any atom is -0.422 e. The van der Waals surface area contributed by atoms with Crippen LogP contribution in [0.5, 0.6) is 0 Å². The van der Waals surface area contributed by atoms with Gasteiger partial charge in [0, 0.05) is 17.4 Å². The van der Waals surface area contributed by atoms with E-state index in [0.717, 1.165) is 0 Å². The van der Waals surface area contributed by atoms with Crippen molar-refractivity contribution in [2.24, 2.45) is 0 Å². The Morgan fingerprint density at radius 1 is 1.18 bits per heavy atom. The van der Waals surface area contributed by atoms with Crippen LogP contribution in [-0.4, -0.2) is 0 Å². The largest absolute Gasteiger partial charge is 0.422 e. The van der Waals surface area contributed by atoms with Gasteiger partial charge in [0.25, 0.3) is 0 Å². The Morgan fingerprint density at radius 2 is 1.95 bits per heavy atom. The molecule has 0 aliphatic rings. The molecule has 3 aromatic rings. The number of anilines is 1. The fourth-order valence-electron chi connectivity index (χ4n) is 2.49. The summed E-state index contributed by atoms with van der Waals surface area (Å²) in [5.41, 5.74) is 6.47. The van der Waals surface area contributed by atoms with Crippen molar-refractivity contribution in [1.29, 1.82) is 0 Å². The predicted octanol–water partition coefficient (Wildman–Crippen LogP) is 3.55. The summed E-state index contributed by atoms with van der Waals surface area (Å²) in [5, 5.41) is 0.499. The van der Waals surface area contributed by atoms with Crippen LogP contribution in [0.25, 0.3) is 11.0 Å². The smallest absolute Gasteiger partial charge is 0.340 e. The molecule has 0 unspecified atom stereocenters. The fourth-order valence-corrected chi connectivity index (χ4v) is 2.49. The predicted molar refractivity (Wildman–Crippen MR) is 80.8 cm³/mol. The monoisotopic (exact) mass is 301 g/mol. The van der Waals surface area contributed by atoms with Crippen molar-refractivity contribution in [1.82, 2.24) is 0 Å². The van der Waals surface area contributed by atoms with Gasteiger partial charge in [0.05, 0.1) is 5.69 Å². The number of fused-ring (bicyclic) bond motifs is 1. The number of hydrogen-bond acceptors (Lipinski definition) is 3. The van der Waals surface area contributed by atoms with Crippen molar-refractivity contribution < 1.29 is 13.2 Å². The van der Waals surface area contributed by atoms with E-state index in [-0.39, 0.29) is 12.1 Å². The van der Waals surface area contributed by atoms with Crippen molar-refractivity contribution in [3.05, 3.63) is 75.1 Å². The molecule has 0 amide bonds. The summed E-state index contributed by atoms with van der Waals surface area (Å²) in [6.45, 7) is 1.69. The summed E-state index contributed by atoms with van der Waals surface area (Å²) in [6.07, 6.45) is 0.0392. The van der Waals surface area contributed by atoms with Gasteiger partial charge in [0.2, 0.25) is 0 Å². The van der Waals surface area contributed by atoms with Gasteiger partial charge in [-0.3, -0.25) is 0 Å². The maximum Gasteiger partial charge on any atom is 0.340 e. The zero-order chi connectivity index (χ0) is 15.9. The number of aryl methyl sites for hydroxylation is 1. The summed E-state index contributed by atoms with van der Waals surface area (Å²) < 4.78 is 32.6. The third kappa shape index (κ3) is 2.35. The lowest BCUT2D eigenvalue weighted by molar-refractivity contribution is 0.547. The first kappa shape index (κ1) is 14.3. The Bertz CT molecular complexity index is 932. The van der Waals surface area contributed by atoms with Crippen LogP contribution in [0, 0.1) is 18.6 Å². The lowest BCUT2D eigenvalue weighted by atomic mass is 9.99. The topological polar surface area (TPSA) is 56.2 Å². The van der Waals surface area contributed by atoms with E-state index in [1.165, 1.54) is 24.3 Å². The van der Waals surface area contributed by atoms with Gasteiger partial charge in [-0.25, -0.2) is 13.6 Å². The van der Waals surface area contributed by atoms with Crippen LogP contribution < -0.4 is 11.4 Å². The van der Waals surface area contributed by atoms with Crippen molar-refractivity contribution in [2.45, 2.75) is 13.3 Å². The molecule has 3 rings (SSSR count). The second-order valence-electron chi connectivity index (χ2n) is 5.13. The molecule has 22 heavy (non-hydrogen) atoms. The van der Waals surface area contributed by atoms with Gasteiger partial charge < -0.3 is 10.2 Å². The third-order valence-electron chi connectivity index (χ3n) is 3.72. The Morgan fingerprint density at radius 3 is 2.73 bits per heavy atom. The highest BCUT2D eigenvalue weighted by Crippen LogP contribution is 2.24. The highest BCUT2D eigenvalue weighted by atomic mass is 19.1. The van der Waals surface area contributed by atoms with E-state index in [1.54, 1.807) is 19.1 Å². The Kier molecular flexibility index (Phi) is 3.41.